The second-order valence-electron chi connectivity index (χ2n) is 3.21. The molecule has 1 aliphatic rings. The van der Waals surface area contributed by atoms with Crippen LogP contribution in [0, 0.1) is 6.92 Å². The first-order valence-electron chi connectivity index (χ1n) is 4.23. The Hall–Kier alpha value is -0.560. The van der Waals surface area contributed by atoms with Gasteiger partial charge in [-0.2, -0.15) is 0 Å². The average Bonchev–Trinajstić information content (AvgIpc) is 2.12. The van der Waals surface area contributed by atoms with Crippen LogP contribution in [0.5, 0.6) is 0 Å². The lowest BCUT2D eigenvalue weighted by atomic mass is 9.96. The van der Waals surface area contributed by atoms with E-state index in [2.05, 4.69) is 47.1 Å². The van der Waals surface area contributed by atoms with Gasteiger partial charge in [-0.15, -0.1) is 0 Å². The fourth-order valence-corrected chi connectivity index (χ4v) is 2.16. The van der Waals surface area contributed by atoms with E-state index >= 15 is 0 Å². The quantitative estimate of drug-likeness (QED) is 0.628. The van der Waals surface area contributed by atoms with E-state index in [-0.39, 0.29) is 0 Å². The average molecular weight is 223 g/mol. The molecule has 0 aliphatic heterocycles. The second kappa shape index (κ2) is 3.06. The zero-order valence-corrected chi connectivity index (χ0v) is 8.69. The number of benzene rings is 1. The van der Waals surface area contributed by atoms with E-state index in [1.165, 1.54) is 34.0 Å². The minimum absolute atomic E-state index is 1.17. The van der Waals surface area contributed by atoms with Gasteiger partial charge in [-0.25, -0.2) is 0 Å². The van der Waals surface area contributed by atoms with Crippen molar-refractivity contribution in [1.29, 1.82) is 0 Å². The van der Waals surface area contributed by atoms with Crippen LogP contribution in [0.2, 0.25) is 0 Å². The van der Waals surface area contributed by atoms with Gasteiger partial charge < -0.3 is 0 Å². The van der Waals surface area contributed by atoms with E-state index in [0.717, 1.165) is 0 Å². The van der Waals surface area contributed by atoms with E-state index in [4.69, 9.17) is 0 Å². The van der Waals surface area contributed by atoms with E-state index in [9.17, 15) is 0 Å². The summed E-state index contributed by atoms with van der Waals surface area (Å²) >= 11 is 3.63. The van der Waals surface area contributed by atoms with Crippen molar-refractivity contribution >= 4 is 22.0 Å². The fraction of sp³-hybridized carbons (Fsp3) is 0.273. The van der Waals surface area contributed by atoms with Crippen molar-refractivity contribution in [2.24, 2.45) is 0 Å². The van der Waals surface area contributed by atoms with Gasteiger partial charge in [0.05, 0.1) is 0 Å². The highest BCUT2D eigenvalue weighted by atomic mass is 79.9. The number of fused-ring (bicyclic) bond motifs is 1. The van der Waals surface area contributed by atoms with Crippen LogP contribution in [0.15, 0.2) is 22.7 Å². The van der Waals surface area contributed by atoms with E-state index in [1.54, 1.807) is 0 Å². The third kappa shape index (κ3) is 1.22. The van der Waals surface area contributed by atoms with Gasteiger partial charge in [-0.05, 0) is 36.5 Å². The number of hydrogen-bond acceptors (Lipinski definition) is 0. The summed E-state index contributed by atoms with van der Waals surface area (Å²) in [6.45, 7) is 2.14. The van der Waals surface area contributed by atoms with E-state index in [0.29, 0.717) is 0 Å². The highest BCUT2D eigenvalue weighted by Crippen LogP contribution is 2.29. The summed E-state index contributed by atoms with van der Waals surface area (Å²) in [4.78, 5) is 0. The number of aryl methyl sites for hydroxylation is 1. The van der Waals surface area contributed by atoms with Gasteiger partial charge in [0, 0.05) is 4.47 Å². The molecule has 0 heterocycles. The van der Waals surface area contributed by atoms with Crippen molar-refractivity contribution in [3.05, 3.63) is 39.4 Å². The molecule has 1 aliphatic carbocycles. The molecule has 0 radical (unpaired) electrons. The van der Waals surface area contributed by atoms with Crippen LogP contribution < -0.4 is 0 Å². The van der Waals surface area contributed by atoms with E-state index < -0.39 is 0 Å². The monoisotopic (exact) mass is 222 g/mol. The van der Waals surface area contributed by atoms with Crippen LogP contribution in [-0.2, 0) is 6.42 Å². The first kappa shape index (κ1) is 8.06. The molecule has 0 fully saturated rings. The zero-order valence-electron chi connectivity index (χ0n) is 7.10. The summed E-state index contributed by atoms with van der Waals surface area (Å²) in [7, 11) is 0. The van der Waals surface area contributed by atoms with E-state index in [1.807, 2.05) is 0 Å². The normalized spacial score (nSPS) is 14.5. The summed E-state index contributed by atoms with van der Waals surface area (Å²) in [5.41, 5.74) is 4.18. The summed E-state index contributed by atoms with van der Waals surface area (Å²) in [6.07, 6.45) is 6.80. The van der Waals surface area contributed by atoms with Crippen LogP contribution in [0.4, 0.5) is 0 Å². The molecule has 0 atom stereocenters. The molecular weight excluding hydrogens is 212 g/mol. The van der Waals surface area contributed by atoms with Gasteiger partial charge in [0.25, 0.3) is 0 Å². The Morgan fingerprint density at radius 2 is 2.17 bits per heavy atom. The number of allylic oxidation sites excluding steroid dienone is 1. The molecule has 0 unspecified atom stereocenters. The molecule has 1 aromatic rings. The molecule has 12 heavy (non-hydrogen) atoms. The van der Waals surface area contributed by atoms with Crippen LogP contribution in [0.3, 0.4) is 0 Å². The molecule has 0 saturated heterocycles. The number of halogens is 1. The van der Waals surface area contributed by atoms with Crippen molar-refractivity contribution in [1.82, 2.24) is 0 Å². The maximum Gasteiger partial charge on any atom is 0.0242 e. The molecule has 0 amide bonds. The Morgan fingerprint density at radius 3 is 3.00 bits per heavy atom. The van der Waals surface area contributed by atoms with Gasteiger partial charge >= 0.3 is 0 Å². The van der Waals surface area contributed by atoms with Crippen LogP contribution in [-0.4, -0.2) is 0 Å². The van der Waals surface area contributed by atoms with Crippen LogP contribution in [0.1, 0.15) is 23.1 Å². The summed E-state index contributed by atoms with van der Waals surface area (Å²) in [6, 6.07) is 4.36. The molecule has 2 rings (SSSR count). The van der Waals surface area contributed by atoms with Crippen molar-refractivity contribution in [2.75, 3.05) is 0 Å². The maximum atomic E-state index is 3.63. The zero-order chi connectivity index (χ0) is 8.55. The topological polar surface area (TPSA) is 0 Å². The van der Waals surface area contributed by atoms with Gasteiger partial charge in [0.15, 0.2) is 0 Å². The summed E-state index contributed by atoms with van der Waals surface area (Å²) < 4.78 is 1.30. The number of rotatable bonds is 0. The molecule has 0 aromatic heterocycles. The number of hydrogen-bond donors (Lipinski definition) is 0. The van der Waals surface area contributed by atoms with Gasteiger partial charge in [-0.3, -0.25) is 0 Å². The Labute approximate surface area is 81.4 Å². The van der Waals surface area contributed by atoms with Crippen molar-refractivity contribution < 1.29 is 0 Å². The first-order chi connectivity index (χ1) is 5.79. The molecule has 1 aromatic carbocycles. The summed E-state index contributed by atoms with van der Waals surface area (Å²) in [5.74, 6) is 0. The Morgan fingerprint density at radius 1 is 1.33 bits per heavy atom. The largest absolute Gasteiger partial charge is 0.0836 e. The van der Waals surface area contributed by atoms with Crippen LogP contribution in [0.25, 0.3) is 6.08 Å². The third-order valence-corrected chi connectivity index (χ3v) is 3.43. The molecule has 62 valence electrons. The molecular formula is C11H11Br. The molecule has 0 bridgehead atoms. The van der Waals surface area contributed by atoms with Crippen molar-refractivity contribution in [3.8, 4) is 0 Å². The van der Waals surface area contributed by atoms with Gasteiger partial charge in [0.2, 0.25) is 0 Å². The SMILES string of the molecule is Cc1ccc2c(c1Br)CCC=C2. The van der Waals surface area contributed by atoms with Crippen LogP contribution >= 0.6 is 15.9 Å². The maximum absolute atomic E-state index is 3.63. The van der Waals surface area contributed by atoms with Crippen molar-refractivity contribution in [3.63, 3.8) is 0 Å². The molecule has 1 heteroatoms. The summed E-state index contributed by atoms with van der Waals surface area (Å²) in [5, 5.41) is 0. The predicted molar refractivity (Wildman–Crippen MR) is 56.2 cm³/mol. The standard InChI is InChI=1S/C11H11Br/c1-8-6-7-9-4-2-3-5-10(9)11(8)12/h2,4,6-7H,3,5H2,1H3. The molecule has 0 spiro atoms. The highest BCUT2D eigenvalue weighted by molar-refractivity contribution is 9.10. The molecule has 0 N–H and O–H groups in total. The lowest BCUT2D eigenvalue weighted by molar-refractivity contribution is 0.974. The Bertz CT molecular complexity index is 337. The Kier molecular flexibility index (Phi) is 2.05. The minimum Gasteiger partial charge on any atom is -0.0836 e. The smallest absolute Gasteiger partial charge is 0.0242 e. The lowest BCUT2D eigenvalue weighted by Gasteiger charge is -2.13. The lowest BCUT2D eigenvalue weighted by Crippen LogP contribution is -1.96. The minimum atomic E-state index is 1.17. The third-order valence-electron chi connectivity index (χ3n) is 2.33. The second-order valence-corrected chi connectivity index (χ2v) is 4.00. The van der Waals surface area contributed by atoms with Crippen molar-refractivity contribution in [2.45, 2.75) is 19.8 Å². The molecule has 0 saturated carbocycles. The molecule has 0 nitrogen and oxygen atoms in total. The predicted octanol–water partition coefficient (Wildman–Crippen LogP) is 3.72. The highest BCUT2D eigenvalue weighted by Gasteiger charge is 2.08. The Balaban J connectivity index is 2.63. The fourth-order valence-electron chi connectivity index (χ4n) is 1.60. The first-order valence-corrected chi connectivity index (χ1v) is 5.03. The van der Waals surface area contributed by atoms with Gasteiger partial charge in [-0.1, -0.05) is 40.2 Å². The van der Waals surface area contributed by atoms with Gasteiger partial charge in [0.1, 0.15) is 0 Å².